The first-order valence-corrected chi connectivity index (χ1v) is 8.84. The van der Waals surface area contributed by atoms with Crippen molar-refractivity contribution in [2.24, 2.45) is 0 Å². The van der Waals surface area contributed by atoms with E-state index in [0.29, 0.717) is 22.8 Å². The van der Waals surface area contributed by atoms with E-state index in [9.17, 15) is 10.1 Å². The molecule has 2 aromatic heterocycles. The molecule has 0 bridgehead atoms. The van der Waals surface area contributed by atoms with Crippen molar-refractivity contribution in [2.75, 3.05) is 14.2 Å². The molecule has 7 heteroatoms. The van der Waals surface area contributed by atoms with Gasteiger partial charge in [-0.2, -0.15) is 5.26 Å². The van der Waals surface area contributed by atoms with E-state index in [1.54, 1.807) is 32.4 Å². The van der Waals surface area contributed by atoms with Gasteiger partial charge in [-0.3, -0.25) is 4.79 Å². The highest BCUT2D eigenvalue weighted by atomic mass is 79.9. The van der Waals surface area contributed by atoms with Crippen molar-refractivity contribution in [1.29, 1.82) is 5.26 Å². The summed E-state index contributed by atoms with van der Waals surface area (Å²) < 4.78 is 11.5. The van der Waals surface area contributed by atoms with Gasteiger partial charge in [-0.05, 0) is 52.3 Å². The Morgan fingerprint density at radius 3 is 2.48 bits per heavy atom. The summed E-state index contributed by atoms with van der Waals surface area (Å²) in [5.74, 6) is 1.16. The van der Waals surface area contributed by atoms with Crippen LogP contribution in [0.2, 0.25) is 0 Å². The monoisotopic (exact) mass is 416 g/mol. The van der Waals surface area contributed by atoms with Gasteiger partial charge < -0.3 is 14.5 Å². The molecule has 0 aliphatic rings. The van der Waals surface area contributed by atoms with Gasteiger partial charge in [0.25, 0.3) is 5.56 Å². The first-order chi connectivity index (χ1) is 12.1. The standard InChI is InChI=1S/C18H13BrN2O3S/c1-23-14-4-3-10(7-15(14)24-2)13-8-11(12(9-20)18(22)21-13)16-5-6-17(19)25-16/h3-8H,1-2H3,(H,21,22). The molecule has 0 radical (unpaired) electrons. The number of nitrogens with zero attached hydrogens (tertiary/aromatic N) is 1. The second kappa shape index (κ2) is 7.13. The van der Waals surface area contributed by atoms with Gasteiger partial charge in [0.15, 0.2) is 11.5 Å². The number of aromatic nitrogens is 1. The molecular weight excluding hydrogens is 404 g/mol. The Balaban J connectivity index is 2.20. The molecule has 0 spiro atoms. The lowest BCUT2D eigenvalue weighted by Gasteiger charge is -2.11. The van der Waals surface area contributed by atoms with Gasteiger partial charge in [-0.25, -0.2) is 0 Å². The van der Waals surface area contributed by atoms with Gasteiger partial charge in [0.05, 0.1) is 18.0 Å². The predicted octanol–water partition coefficient (Wildman–Crippen LogP) is 4.42. The summed E-state index contributed by atoms with van der Waals surface area (Å²) in [7, 11) is 3.12. The van der Waals surface area contributed by atoms with E-state index in [-0.39, 0.29) is 5.56 Å². The summed E-state index contributed by atoms with van der Waals surface area (Å²) in [4.78, 5) is 16.0. The number of halogens is 1. The van der Waals surface area contributed by atoms with E-state index in [1.807, 2.05) is 24.3 Å². The maximum Gasteiger partial charge on any atom is 0.267 e. The summed E-state index contributed by atoms with van der Waals surface area (Å²) in [6, 6.07) is 12.9. The van der Waals surface area contributed by atoms with Crippen LogP contribution in [0.3, 0.4) is 0 Å². The lowest BCUT2D eigenvalue weighted by atomic mass is 10.0. The zero-order valence-electron chi connectivity index (χ0n) is 13.4. The van der Waals surface area contributed by atoms with E-state index in [1.165, 1.54) is 11.3 Å². The van der Waals surface area contributed by atoms with Crippen LogP contribution in [0, 0.1) is 11.3 Å². The molecule has 25 heavy (non-hydrogen) atoms. The molecule has 0 amide bonds. The minimum absolute atomic E-state index is 0.0959. The highest BCUT2D eigenvalue weighted by molar-refractivity contribution is 9.11. The maximum atomic E-state index is 12.4. The molecule has 3 aromatic rings. The van der Waals surface area contributed by atoms with Crippen LogP contribution in [-0.2, 0) is 0 Å². The number of hydrogen-bond acceptors (Lipinski definition) is 5. The number of benzene rings is 1. The lowest BCUT2D eigenvalue weighted by Crippen LogP contribution is -2.12. The fourth-order valence-electron chi connectivity index (χ4n) is 2.48. The third kappa shape index (κ3) is 3.31. The van der Waals surface area contributed by atoms with Crippen molar-refractivity contribution in [3.63, 3.8) is 0 Å². The number of ether oxygens (including phenoxy) is 2. The second-order valence-corrected chi connectivity index (χ2v) is 7.55. The third-order valence-corrected chi connectivity index (χ3v) is 5.34. The van der Waals surface area contributed by atoms with Crippen LogP contribution in [0.5, 0.6) is 11.5 Å². The van der Waals surface area contributed by atoms with Crippen molar-refractivity contribution < 1.29 is 9.47 Å². The Morgan fingerprint density at radius 1 is 1.12 bits per heavy atom. The van der Waals surface area contributed by atoms with Crippen molar-refractivity contribution in [3.8, 4) is 39.3 Å². The summed E-state index contributed by atoms with van der Waals surface area (Å²) >= 11 is 4.88. The van der Waals surface area contributed by atoms with Crippen LogP contribution in [0.4, 0.5) is 0 Å². The molecular formula is C18H13BrN2O3S. The molecule has 1 aromatic carbocycles. The molecule has 3 rings (SSSR count). The number of methoxy groups -OCH3 is 2. The minimum atomic E-state index is -0.422. The fraction of sp³-hybridized carbons (Fsp3) is 0.111. The third-order valence-electron chi connectivity index (χ3n) is 3.68. The van der Waals surface area contributed by atoms with E-state index >= 15 is 0 Å². The molecule has 1 N–H and O–H groups in total. The lowest BCUT2D eigenvalue weighted by molar-refractivity contribution is 0.355. The topological polar surface area (TPSA) is 75.1 Å². The number of rotatable bonds is 4. The highest BCUT2D eigenvalue weighted by Crippen LogP contribution is 2.36. The van der Waals surface area contributed by atoms with E-state index in [0.717, 1.165) is 14.2 Å². The van der Waals surface area contributed by atoms with Crippen LogP contribution < -0.4 is 15.0 Å². The van der Waals surface area contributed by atoms with Gasteiger partial charge in [0, 0.05) is 21.7 Å². The Labute approximate surface area is 156 Å². The second-order valence-electron chi connectivity index (χ2n) is 5.09. The van der Waals surface area contributed by atoms with Crippen LogP contribution in [0.25, 0.3) is 21.7 Å². The zero-order valence-corrected chi connectivity index (χ0v) is 15.8. The van der Waals surface area contributed by atoms with E-state index in [2.05, 4.69) is 20.9 Å². The molecule has 126 valence electrons. The largest absolute Gasteiger partial charge is 0.493 e. The molecule has 0 saturated heterocycles. The highest BCUT2D eigenvalue weighted by Gasteiger charge is 2.15. The average Bonchev–Trinajstić information content (AvgIpc) is 3.06. The van der Waals surface area contributed by atoms with Gasteiger partial charge in [-0.15, -0.1) is 11.3 Å². The molecule has 0 aliphatic carbocycles. The number of pyridine rings is 1. The summed E-state index contributed by atoms with van der Waals surface area (Å²) in [5, 5.41) is 9.37. The number of H-pyrrole nitrogens is 1. The summed E-state index contributed by atoms with van der Waals surface area (Å²) in [5.41, 5.74) is 1.64. The maximum absolute atomic E-state index is 12.4. The first-order valence-electron chi connectivity index (χ1n) is 7.23. The van der Waals surface area contributed by atoms with Crippen molar-refractivity contribution in [1.82, 2.24) is 4.98 Å². The van der Waals surface area contributed by atoms with Crippen molar-refractivity contribution >= 4 is 27.3 Å². The molecule has 0 fully saturated rings. The number of thiophene rings is 1. The number of hydrogen-bond donors (Lipinski definition) is 1. The molecule has 2 heterocycles. The molecule has 0 aliphatic heterocycles. The van der Waals surface area contributed by atoms with Crippen LogP contribution in [-0.4, -0.2) is 19.2 Å². The predicted molar refractivity (Wildman–Crippen MR) is 101 cm³/mol. The smallest absolute Gasteiger partial charge is 0.267 e. The number of nitriles is 1. The van der Waals surface area contributed by atoms with Gasteiger partial charge in [0.1, 0.15) is 11.6 Å². The minimum Gasteiger partial charge on any atom is -0.493 e. The normalized spacial score (nSPS) is 10.3. The molecule has 0 saturated carbocycles. The summed E-state index contributed by atoms with van der Waals surface area (Å²) in [6.07, 6.45) is 0. The van der Waals surface area contributed by atoms with Crippen LogP contribution >= 0.6 is 27.3 Å². The van der Waals surface area contributed by atoms with Gasteiger partial charge in [0.2, 0.25) is 0 Å². The van der Waals surface area contributed by atoms with Crippen LogP contribution in [0.1, 0.15) is 5.56 Å². The molecule has 0 atom stereocenters. The molecule has 5 nitrogen and oxygen atoms in total. The average molecular weight is 417 g/mol. The van der Waals surface area contributed by atoms with Crippen molar-refractivity contribution in [2.45, 2.75) is 0 Å². The zero-order chi connectivity index (χ0) is 18.0. The number of aromatic amines is 1. The quantitative estimate of drug-likeness (QED) is 0.682. The Hall–Kier alpha value is -2.56. The van der Waals surface area contributed by atoms with Gasteiger partial charge in [-0.1, -0.05) is 0 Å². The number of nitrogens with one attached hydrogen (secondary N) is 1. The van der Waals surface area contributed by atoms with E-state index < -0.39 is 5.56 Å². The Bertz CT molecular complexity index is 1030. The van der Waals surface area contributed by atoms with Gasteiger partial charge >= 0.3 is 0 Å². The SMILES string of the molecule is COc1ccc(-c2cc(-c3ccc(Br)s3)c(C#N)c(=O)[nH]2)cc1OC. The Morgan fingerprint density at radius 2 is 1.88 bits per heavy atom. The van der Waals surface area contributed by atoms with Crippen LogP contribution in [0.15, 0.2) is 45.0 Å². The first kappa shape index (κ1) is 17.3. The fourth-order valence-corrected chi connectivity index (χ4v) is 3.89. The Kier molecular flexibility index (Phi) is 4.93. The summed E-state index contributed by atoms with van der Waals surface area (Å²) in [6.45, 7) is 0. The van der Waals surface area contributed by atoms with Crippen molar-refractivity contribution in [3.05, 3.63) is 56.1 Å². The van der Waals surface area contributed by atoms with E-state index in [4.69, 9.17) is 9.47 Å². The molecule has 0 unspecified atom stereocenters.